The van der Waals surface area contributed by atoms with Crippen LogP contribution in [0.4, 0.5) is 5.13 Å². The van der Waals surface area contributed by atoms with Crippen LogP contribution >= 0.6 is 11.3 Å². The van der Waals surface area contributed by atoms with Crippen molar-refractivity contribution in [3.8, 4) is 28.5 Å². The summed E-state index contributed by atoms with van der Waals surface area (Å²) in [6.45, 7) is 1.73. The van der Waals surface area contributed by atoms with Gasteiger partial charge in [-0.05, 0) is 31.2 Å². The Kier molecular flexibility index (Phi) is 6.15. The maximum Gasteiger partial charge on any atom is 0.274 e. The van der Waals surface area contributed by atoms with Gasteiger partial charge in [-0.25, -0.2) is 13.4 Å². The summed E-state index contributed by atoms with van der Waals surface area (Å²) in [6.07, 6.45) is 1.13. The molecule has 0 saturated carbocycles. The van der Waals surface area contributed by atoms with E-state index in [1.165, 1.54) is 23.5 Å². The fourth-order valence-corrected chi connectivity index (χ4v) is 5.07. The van der Waals surface area contributed by atoms with E-state index in [0.717, 1.165) is 17.5 Å². The molecule has 10 heteroatoms. The lowest BCUT2D eigenvalue weighted by Crippen LogP contribution is -2.42. The van der Waals surface area contributed by atoms with Gasteiger partial charge in [0.25, 0.3) is 5.91 Å². The molecule has 36 heavy (non-hydrogen) atoms. The maximum atomic E-state index is 13.7. The number of benzene rings is 3. The molecule has 1 N–H and O–H groups in total. The number of thiazole rings is 1. The number of hydrogen-bond donors (Lipinski definition) is 1. The van der Waals surface area contributed by atoms with E-state index in [2.05, 4.69) is 10.3 Å². The van der Waals surface area contributed by atoms with E-state index in [0.29, 0.717) is 27.9 Å². The second kappa shape index (κ2) is 9.29. The van der Waals surface area contributed by atoms with Crippen LogP contribution in [-0.2, 0) is 20.2 Å². The minimum atomic E-state index is -3.40. The van der Waals surface area contributed by atoms with E-state index in [9.17, 15) is 13.2 Å². The summed E-state index contributed by atoms with van der Waals surface area (Å²) in [7, 11) is -3.40. The fourth-order valence-electron chi connectivity index (χ4n) is 3.72. The van der Waals surface area contributed by atoms with Gasteiger partial charge >= 0.3 is 0 Å². The molecule has 2 heterocycles. The van der Waals surface area contributed by atoms with Crippen LogP contribution in [-0.4, -0.2) is 32.4 Å². The summed E-state index contributed by atoms with van der Waals surface area (Å²) in [5, 5.41) is 5.13. The van der Waals surface area contributed by atoms with Crippen molar-refractivity contribution in [2.45, 2.75) is 17.4 Å². The minimum Gasteiger partial charge on any atom is -0.473 e. The van der Waals surface area contributed by atoms with E-state index in [1.54, 1.807) is 37.3 Å². The monoisotopic (exact) mass is 522 g/mol. The molecular formula is C26H22N2O6S2. The number of rotatable bonds is 7. The van der Waals surface area contributed by atoms with Crippen molar-refractivity contribution < 1.29 is 27.4 Å². The molecule has 1 atom stereocenters. The zero-order chi connectivity index (χ0) is 25.3. The number of anilines is 1. The van der Waals surface area contributed by atoms with Crippen LogP contribution in [0.25, 0.3) is 11.3 Å². The molecule has 1 amide bonds. The van der Waals surface area contributed by atoms with E-state index in [1.807, 2.05) is 35.7 Å². The number of ether oxygens (including phenoxy) is 3. The average molecular weight is 523 g/mol. The van der Waals surface area contributed by atoms with Crippen LogP contribution in [0.3, 0.4) is 0 Å². The highest BCUT2D eigenvalue weighted by Gasteiger charge is 2.39. The highest BCUT2D eigenvalue weighted by Crippen LogP contribution is 2.38. The molecule has 184 valence electrons. The largest absolute Gasteiger partial charge is 0.473 e. The molecule has 0 fully saturated rings. The lowest BCUT2D eigenvalue weighted by Gasteiger charge is -2.30. The second-order valence-electron chi connectivity index (χ2n) is 8.30. The molecule has 0 spiro atoms. The number of aromatic nitrogens is 1. The van der Waals surface area contributed by atoms with Crippen molar-refractivity contribution in [3.63, 3.8) is 0 Å². The van der Waals surface area contributed by atoms with Crippen LogP contribution in [0, 0.1) is 0 Å². The van der Waals surface area contributed by atoms with Crippen LogP contribution in [0.15, 0.2) is 83.1 Å². The molecule has 1 aliphatic heterocycles. The first-order valence-corrected chi connectivity index (χ1v) is 13.7. The second-order valence-corrected chi connectivity index (χ2v) is 11.2. The normalized spacial score (nSPS) is 14.2. The van der Waals surface area contributed by atoms with Crippen molar-refractivity contribution in [1.82, 2.24) is 4.98 Å². The van der Waals surface area contributed by atoms with Crippen molar-refractivity contribution in [3.05, 3.63) is 83.7 Å². The van der Waals surface area contributed by atoms with Gasteiger partial charge in [0, 0.05) is 28.8 Å². The first kappa shape index (κ1) is 23.8. The Balaban J connectivity index is 1.47. The Hall–Kier alpha value is -3.89. The summed E-state index contributed by atoms with van der Waals surface area (Å²) in [6, 6.07) is 20.7. The lowest BCUT2D eigenvalue weighted by molar-refractivity contribution is -0.130. The molecule has 1 unspecified atom stereocenters. The smallest absolute Gasteiger partial charge is 0.274 e. The molecule has 0 radical (unpaired) electrons. The minimum absolute atomic E-state index is 0.108. The van der Waals surface area contributed by atoms with Crippen molar-refractivity contribution >= 4 is 32.2 Å². The third kappa shape index (κ3) is 4.77. The molecule has 1 aromatic heterocycles. The number of fused-ring (bicyclic) bond motifs is 1. The predicted molar refractivity (Wildman–Crippen MR) is 136 cm³/mol. The van der Waals surface area contributed by atoms with Crippen molar-refractivity contribution in [2.75, 3.05) is 18.4 Å². The molecule has 3 aromatic carbocycles. The standard InChI is InChI=1S/C26H22N2O6S2/c1-26(18-8-11-20(12-9-18)36(2,30)31,34-19-10-13-22-23(14-19)33-16-32-22)24(29)28-25-27-21(15-35-25)17-6-4-3-5-7-17/h3-15H,16H2,1-2H3,(H,27,28,29). The summed E-state index contributed by atoms with van der Waals surface area (Å²) in [4.78, 5) is 18.3. The van der Waals surface area contributed by atoms with Crippen molar-refractivity contribution in [1.29, 1.82) is 0 Å². The molecule has 0 aliphatic carbocycles. The van der Waals surface area contributed by atoms with Gasteiger partial charge in [0.2, 0.25) is 12.4 Å². The highest BCUT2D eigenvalue weighted by atomic mass is 32.2. The number of amides is 1. The van der Waals surface area contributed by atoms with Crippen LogP contribution in [0.2, 0.25) is 0 Å². The predicted octanol–water partition coefficient (Wildman–Crippen LogP) is 4.88. The van der Waals surface area contributed by atoms with Gasteiger partial charge in [0.15, 0.2) is 26.5 Å². The molecule has 5 rings (SSSR count). The van der Waals surface area contributed by atoms with Gasteiger partial charge in [0.1, 0.15) is 5.75 Å². The van der Waals surface area contributed by atoms with Crippen LogP contribution in [0.5, 0.6) is 17.2 Å². The number of nitrogens with zero attached hydrogens (tertiary/aromatic N) is 1. The maximum absolute atomic E-state index is 13.7. The van der Waals surface area contributed by atoms with E-state index >= 15 is 0 Å². The number of carbonyl (C=O) groups is 1. The Bertz CT molecular complexity index is 1520. The Morgan fingerprint density at radius 2 is 1.75 bits per heavy atom. The zero-order valence-corrected chi connectivity index (χ0v) is 21.1. The lowest BCUT2D eigenvalue weighted by atomic mass is 9.94. The molecule has 1 aliphatic rings. The zero-order valence-electron chi connectivity index (χ0n) is 19.4. The molecule has 4 aromatic rings. The fraction of sp³-hybridized carbons (Fsp3) is 0.154. The highest BCUT2D eigenvalue weighted by molar-refractivity contribution is 7.90. The third-order valence-electron chi connectivity index (χ3n) is 5.73. The molecule has 0 bridgehead atoms. The third-order valence-corrected chi connectivity index (χ3v) is 7.61. The van der Waals surface area contributed by atoms with E-state index in [-0.39, 0.29) is 11.7 Å². The molecule has 0 saturated heterocycles. The quantitative estimate of drug-likeness (QED) is 0.369. The number of sulfone groups is 1. The first-order valence-electron chi connectivity index (χ1n) is 10.9. The van der Waals surface area contributed by atoms with Gasteiger partial charge < -0.3 is 14.2 Å². The van der Waals surface area contributed by atoms with Gasteiger partial charge in [-0.15, -0.1) is 11.3 Å². The van der Waals surface area contributed by atoms with Gasteiger partial charge in [0.05, 0.1) is 10.6 Å². The van der Waals surface area contributed by atoms with Gasteiger partial charge in [-0.2, -0.15) is 0 Å². The summed E-state index contributed by atoms with van der Waals surface area (Å²) < 4.78 is 40.9. The molecular weight excluding hydrogens is 500 g/mol. The van der Waals surface area contributed by atoms with E-state index < -0.39 is 21.3 Å². The Morgan fingerprint density at radius 1 is 1.03 bits per heavy atom. The van der Waals surface area contributed by atoms with Crippen molar-refractivity contribution in [2.24, 2.45) is 0 Å². The van der Waals surface area contributed by atoms with Gasteiger partial charge in [-0.3, -0.25) is 10.1 Å². The molecule has 8 nitrogen and oxygen atoms in total. The van der Waals surface area contributed by atoms with Crippen LogP contribution < -0.4 is 19.5 Å². The summed E-state index contributed by atoms with van der Waals surface area (Å²) >= 11 is 1.30. The average Bonchev–Trinajstić information content (AvgIpc) is 3.53. The number of hydrogen-bond acceptors (Lipinski definition) is 8. The van der Waals surface area contributed by atoms with E-state index in [4.69, 9.17) is 14.2 Å². The SMILES string of the molecule is CC(Oc1ccc2c(c1)OCO2)(C(=O)Nc1nc(-c2ccccc2)cs1)c1ccc(S(C)(=O)=O)cc1. The Morgan fingerprint density at radius 3 is 2.47 bits per heavy atom. The summed E-state index contributed by atoms with van der Waals surface area (Å²) in [5.41, 5.74) is 0.615. The Labute approximate surface area is 212 Å². The van der Waals surface area contributed by atoms with Crippen LogP contribution in [0.1, 0.15) is 12.5 Å². The number of nitrogens with one attached hydrogen (secondary N) is 1. The first-order chi connectivity index (χ1) is 17.2. The topological polar surface area (TPSA) is 104 Å². The summed E-state index contributed by atoms with van der Waals surface area (Å²) in [5.74, 6) is 1.01. The number of carbonyl (C=O) groups excluding carboxylic acids is 1. The van der Waals surface area contributed by atoms with Gasteiger partial charge in [-0.1, -0.05) is 42.5 Å².